The molecule has 0 spiro atoms. The van der Waals surface area contributed by atoms with Crippen molar-refractivity contribution in [2.75, 3.05) is 5.32 Å². The Hall–Kier alpha value is -3.41. The molecular weight excluding hydrogens is 388 g/mol. The van der Waals surface area contributed by atoms with Crippen LogP contribution in [-0.4, -0.2) is 11.1 Å². The molecule has 0 aromatic heterocycles. The van der Waals surface area contributed by atoms with Gasteiger partial charge in [0.15, 0.2) is 0 Å². The minimum Gasteiger partial charge on any atom is -0.508 e. The van der Waals surface area contributed by atoms with Crippen molar-refractivity contribution in [2.24, 2.45) is 5.92 Å². The fourth-order valence-electron chi connectivity index (χ4n) is 3.77. The highest BCUT2D eigenvalue weighted by Gasteiger charge is 2.37. The zero-order valence-corrected chi connectivity index (χ0v) is 16.1. The normalized spacial score (nSPS) is 19.7. The maximum atomic E-state index is 13.3. The zero-order chi connectivity index (χ0) is 21.1. The topological polar surface area (TPSA) is 58.6 Å². The summed E-state index contributed by atoms with van der Waals surface area (Å²) >= 11 is 0. The van der Waals surface area contributed by atoms with Crippen molar-refractivity contribution in [1.82, 2.24) is 0 Å². The predicted octanol–water partition coefficient (Wildman–Crippen LogP) is 5.52. The molecule has 3 aromatic rings. The Morgan fingerprint density at radius 1 is 0.867 bits per heavy atom. The number of esters is 1. The molecule has 3 aromatic carbocycles. The lowest BCUT2D eigenvalue weighted by molar-refractivity contribution is -0.161. The van der Waals surface area contributed by atoms with Gasteiger partial charge in [-0.05, 0) is 72.5 Å². The van der Waals surface area contributed by atoms with Gasteiger partial charge in [0.1, 0.15) is 23.5 Å². The number of phenolic OH excluding ortho intramolecular Hbond substituents is 1. The van der Waals surface area contributed by atoms with Crippen LogP contribution >= 0.6 is 0 Å². The fraction of sp³-hybridized carbons (Fsp3) is 0.208. The molecule has 0 saturated carbocycles. The Balaban J connectivity index is 1.57. The Labute approximate surface area is 173 Å². The molecule has 4 nitrogen and oxygen atoms in total. The first-order valence-electron chi connectivity index (χ1n) is 9.76. The van der Waals surface area contributed by atoms with Gasteiger partial charge in [0, 0.05) is 5.69 Å². The van der Waals surface area contributed by atoms with Crippen molar-refractivity contribution in [3.8, 4) is 5.75 Å². The summed E-state index contributed by atoms with van der Waals surface area (Å²) in [4.78, 5) is 12.9. The molecule has 154 valence electrons. The number of halogens is 2. The van der Waals surface area contributed by atoms with Crippen molar-refractivity contribution < 1.29 is 23.4 Å². The fourth-order valence-corrected chi connectivity index (χ4v) is 3.77. The van der Waals surface area contributed by atoms with E-state index in [1.165, 1.54) is 24.3 Å². The molecule has 0 bridgehead atoms. The molecule has 0 aliphatic carbocycles. The van der Waals surface area contributed by atoms with Crippen LogP contribution < -0.4 is 5.32 Å². The van der Waals surface area contributed by atoms with E-state index in [1.807, 2.05) is 0 Å². The van der Waals surface area contributed by atoms with E-state index in [-0.39, 0.29) is 23.4 Å². The van der Waals surface area contributed by atoms with Crippen LogP contribution in [0.3, 0.4) is 0 Å². The first kappa shape index (κ1) is 19.9. The van der Waals surface area contributed by atoms with Gasteiger partial charge in [0.25, 0.3) is 0 Å². The molecule has 0 radical (unpaired) electrons. The molecular formula is C24H21F2NO3. The number of cyclic esters (lactones) is 1. The second-order valence-electron chi connectivity index (χ2n) is 7.38. The van der Waals surface area contributed by atoms with Crippen LogP contribution in [0.1, 0.15) is 36.1 Å². The summed E-state index contributed by atoms with van der Waals surface area (Å²) in [6.45, 7) is 0. The Kier molecular flexibility index (Phi) is 5.65. The van der Waals surface area contributed by atoms with Crippen LogP contribution in [0.5, 0.6) is 5.75 Å². The van der Waals surface area contributed by atoms with Crippen LogP contribution in [0.4, 0.5) is 14.5 Å². The van der Waals surface area contributed by atoms with Gasteiger partial charge >= 0.3 is 5.97 Å². The Morgan fingerprint density at radius 3 is 2.07 bits per heavy atom. The number of anilines is 1. The van der Waals surface area contributed by atoms with E-state index in [1.54, 1.807) is 48.5 Å². The average Bonchev–Trinajstić information content (AvgIpc) is 2.75. The maximum absolute atomic E-state index is 13.3. The lowest BCUT2D eigenvalue weighted by Crippen LogP contribution is -2.34. The Morgan fingerprint density at radius 2 is 1.47 bits per heavy atom. The zero-order valence-electron chi connectivity index (χ0n) is 16.1. The molecule has 1 aliphatic rings. The van der Waals surface area contributed by atoms with E-state index in [4.69, 9.17) is 4.74 Å². The van der Waals surface area contributed by atoms with E-state index < -0.39 is 18.1 Å². The lowest BCUT2D eigenvalue weighted by atomic mass is 9.85. The summed E-state index contributed by atoms with van der Waals surface area (Å²) in [5, 5.41) is 12.9. The van der Waals surface area contributed by atoms with Crippen molar-refractivity contribution in [1.29, 1.82) is 0 Å². The van der Waals surface area contributed by atoms with Gasteiger partial charge in [-0.2, -0.15) is 0 Å². The van der Waals surface area contributed by atoms with Crippen LogP contribution in [0, 0.1) is 17.6 Å². The first-order chi connectivity index (χ1) is 14.5. The molecule has 30 heavy (non-hydrogen) atoms. The van der Waals surface area contributed by atoms with Gasteiger partial charge < -0.3 is 15.2 Å². The molecule has 1 fully saturated rings. The highest BCUT2D eigenvalue weighted by molar-refractivity contribution is 5.75. The second-order valence-corrected chi connectivity index (χ2v) is 7.38. The van der Waals surface area contributed by atoms with E-state index >= 15 is 0 Å². The SMILES string of the molecule is O=C1O[C@H](c2ccc(F)cc2)CC[C@@H]1[C@H](Nc1ccc(F)cc1)c1ccc(O)cc1. The molecule has 1 aliphatic heterocycles. The number of rotatable bonds is 5. The van der Waals surface area contributed by atoms with Crippen LogP contribution in [0.15, 0.2) is 72.8 Å². The number of hydrogen-bond acceptors (Lipinski definition) is 4. The molecule has 0 amide bonds. The number of ether oxygens (including phenoxy) is 1. The molecule has 2 N–H and O–H groups in total. The third-order valence-corrected chi connectivity index (χ3v) is 5.36. The summed E-state index contributed by atoms with van der Waals surface area (Å²) in [6, 6.07) is 18.1. The molecule has 1 heterocycles. The number of phenols is 1. The van der Waals surface area contributed by atoms with Gasteiger partial charge in [0.05, 0.1) is 12.0 Å². The van der Waals surface area contributed by atoms with Crippen LogP contribution in [0.25, 0.3) is 0 Å². The molecule has 0 unspecified atom stereocenters. The predicted molar refractivity (Wildman–Crippen MR) is 109 cm³/mol. The summed E-state index contributed by atoms with van der Waals surface area (Å²) in [7, 11) is 0. The summed E-state index contributed by atoms with van der Waals surface area (Å²) in [6.07, 6.45) is 0.739. The number of carbonyl (C=O) groups excluding carboxylic acids is 1. The maximum Gasteiger partial charge on any atom is 0.311 e. The number of nitrogens with one attached hydrogen (secondary N) is 1. The molecule has 3 atom stereocenters. The number of hydrogen-bond donors (Lipinski definition) is 2. The van der Waals surface area contributed by atoms with E-state index in [2.05, 4.69) is 5.32 Å². The first-order valence-corrected chi connectivity index (χ1v) is 9.76. The van der Waals surface area contributed by atoms with Gasteiger partial charge in [-0.3, -0.25) is 4.79 Å². The van der Waals surface area contributed by atoms with Crippen molar-refractivity contribution >= 4 is 11.7 Å². The summed E-state index contributed by atoms with van der Waals surface area (Å²) < 4.78 is 32.2. The van der Waals surface area contributed by atoms with Gasteiger partial charge in [-0.25, -0.2) is 8.78 Å². The Bertz CT molecular complexity index is 1000. The molecule has 6 heteroatoms. The monoisotopic (exact) mass is 409 g/mol. The lowest BCUT2D eigenvalue weighted by Gasteiger charge is -2.34. The quantitative estimate of drug-likeness (QED) is 0.545. The largest absolute Gasteiger partial charge is 0.508 e. The molecule has 1 saturated heterocycles. The summed E-state index contributed by atoms with van der Waals surface area (Å²) in [5.74, 6) is -1.39. The van der Waals surface area contributed by atoms with Crippen molar-refractivity contribution in [2.45, 2.75) is 25.0 Å². The standard InChI is InChI=1S/C24H21F2NO3/c25-17-5-1-15(2-6-17)22-14-13-21(24(29)30-22)23(16-3-11-20(28)12-4-16)27-19-9-7-18(26)8-10-19/h1-12,21-23,27-28H,13-14H2/t21-,22+,23-/m1/s1. The minimum atomic E-state index is -0.476. The van der Waals surface area contributed by atoms with Crippen molar-refractivity contribution in [3.63, 3.8) is 0 Å². The average molecular weight is 409 g/mol. The second kappa shape index (κ2) is 8.53. The van der Waals surface area contributed by atoms with E-state index in [9.17, 15) is 18.7 Å². The van der Waals surface area contributed by atoms with Gasteiger partial charge in [0.2, 0.25) is 0 Å². The van der Waals surface area contributed by atoms with Gasteiger partial charge in [-0.1, -0.05) is 24.3 Å². The minimum absolute atomic E-state index is 0.127. The third-order valence-electron chi connectivity index (χ3n) is 5.36. The number of aromatic hydroxyl groups is 1. The highest BCUT2D eigenvalue weighted by atomic mass is 19.1. The van der Waals surface area contributed by atoms with Crippen LogP contribution in [0.2, 0.25) is 0 Å². The third kappa shape index (κ3) is 4.43. The van der Waals surface area contributed by atoms with Crippen LogP contribution in [-0.2, 0) is 9.53 Å². The number of carbonyl (C=O) groups is 1. The van der Waals surface area contributed by atoms with E-state index in [0.717, 1.165) is 11.1 Å². The van der Waals surface area contributed by atoms with Gasteiger partial charge in [-0.15, -0.1) is 0 Å². The number of benzene rings is 3. The molecule has 4 rings (SSSR count). The summed E-state index contributed by atoms with van der Waals surface area (Å²) in [5.41, 5.74) is 2.23. The van der Waals surface area contributed by atoms with E-state index in [0.29, 0.717) is 18.5 Å². The highest BCUT2D eigenvalue weighted by Crippen LogP contribution is 2.39. The smallest absolute Gasteiger partial charge is 0.311 e. The van der Waals surface area contributed by atoms with Crippen molar-refractivity contribution in [3.05, 3.63) is 95.6 Å².